The fourth-order valence-electron chi connectivity index (χ4n) is 2.53. The lowest BCUT2D eigenvalue weighted by molar-refractivity contribution is -0.118. The van der Waals surface area contributed by atoms with Gasteiger partial charge in [-0.05, 0) is 29.3 Å². The van der Waals surface area contributed by atoms with E-state index in [1.54, 1.807) is 30.3 Å². The van der Waals surface area contributed by atoms with Crippen molar-refractivity contribution in [3.05, 3.63) is 114 Å². The third-order valence-corrected chi connectivity index (χ3v) is 3.86. The summed E-state index contributed by atoms with van der Waals surface area (Å²) in [6, 6.07) is 27.9. The van der Waals surface area contributed by atoms with Crippen LogP contribution in [0, 0.1) is 0 Å². The highest BCUT2D eigenvalue weighted by molar-refractivity contribution is 6.25. The number of nitrogens with zero attached hydrogens (tertiary/aromatic N) is 1. The number of rotatable bonds is 5. The molecule has 3 rings (SSSR count). The molecule has 0 aliphatic rings. The highest BCUT2D eigenvalue weighted by Crippen LogP contribution is 2.21. The highest BCUT2D eigenvalue weighted by atomic mass is 16.5. The fraction of sp³-hybridized carbons (Fsp3) is 0. The summed E-state index contributed by atoms with van der Waals surface area (Å²) in [6.45, 7) is 0. The molecule has 0 saturated carbocycles. The Morgan fingerprint density at radius 1 is 0.769 bits per heavy atom. The number of amides is 1. The standard InChI is InChI=1S/C23H19NO2/c25-23(24(26)21-16-8-3-9-17-21)22(20-14-6-2-7-15-20)18-10-13-19-11-4-1-5-12-19/h1-18,26H/b13-10+,22-18+. The number of carbonyl (C=O) groups excluding carboxylic acids is 1. The van der Waals surface area contributed by atoms with Crippen molar-refractivity contribution >= 4 is 23.2 Å². The Morgan fingerprint density at radius 2 is 1.31 bits per heavy atom. The van der Waals surface area contributed by atoms with E-state index in [4.69, 9.17) is 0 Å². The number of carbonyl (C=O) groups is 1. The van der Waals surface area contributed by atoms with E-state index in [-0.39, 0.29) is 0 Å². The SMILES string of the molecule is O=C(/C(=C/C=C/c1ccccc1)c1ccccc1)N(O)c1ccccc1. The van der Waals surface area contributed by atoms with Gasteiger partial charge < -0.3 is 0 Å². The first-order chi connectivity index (χ1) is 12.8. The van der Waals surface area contributed by atoms with Gasteiger partial charge in [0.05, 0.1) is 5.69 Å². The average Bonchev–Trinajstić information content (AvgIpc) is 2.72. The molecule has 0 saturated heterocycles. The van der Waals surface area contributed by atoms with Crippen LogP contribution in [-0.4, -0.2) is 11.1 Å². The molecular weight excluding hydrogens is 322 g/mol. The van der Waals surface area contributed by atoms with Gasteiger partial charge >= 0.3 is 0 Å². The Hall–Kier alpha value is -3.43. The van der Waals surface area contributed by atoms with Crippen LogP contribution in [0.25, 0.3) is 11.6 Å². The molecule has 1 amide bonds. The molecule has 3 heteroatoms. The lowest BCUT2D eigenvalue weighted by atomic mass is 10.0. The van der Waals surface area contributed by atoms with Crippen LogP contribution >= 0.6 is 0 Å². The van der Waals surface area contributed by atoms with Crippen molar-refractivity contribution in [3.8, 4) is 0 Å². The molecule has 0 unspecified atom stereocenters. The number of para-hydroxylation sites is 1. The van der Waals surface area contributed by atoms with E-state index in [9.17, 15) is 10.0 Å². The molecule has 0 spiro atoms. The monoisotopic (exact) mass is 341 g/mol. The second-order valence-corrected chi connectivity index (χ2v) is 5.67. The van der Waals surface area contributed by atoms with Gasteiger partial charge in [-0.2, -0.15) is 5.06 Å². The maximum atomic E-state index is 12.9. The lowest BCUT2D eigenvalue weighted by Crippen LogP contribution is -2.27. The van der Waals surface area contributed by atoms with Crippen LogP contribution in [0.5, 0.6) is 0 Å². The first-order valence-corrected chi connectivity index (χ1v) is 8.33. The predicted octanol–water partition coefficient (Wildman–Crippen LogP) is 5.21. The molecule has 0 aliphatic carbocycles. The number of anilines is 1. The minimum absolute atomic E-state index is 0.407. The van der Waals surface area contributed by atoms with Gasteiger partial charge in [0.1, 0.15) is 0 Å². The van der Waals surface area contributed by atoms with Crippen molar-refractivity contribution in [2.75, 3.05) is 5.06 Å². The molecule has 0 aliphatic heterocycles. The first-order valence-electron chi connectivity index (χ1n) is 8.33. The van der Waals surface area contributed by atoms with Crippen molar-refractivity contribution in [2.24, 2.45) is 0 Å². The lowest BCUT2D eigenvalue weighted by Gasteiger charge is -2.17. The molecule has 3 aromatic rings. The molecule has 26 heavy (non-hydrogen) atoms. The molecule has 0 fully saturated rings. The molecule has 1 N–H and O–H groups in total. The fourth-order valence-corrected chi connectivity index (χ4v) is 2.53. The quantitative estimate of drug-likeness (QED) is 0.300. The van der Waals surface area contributed by atoms with E-state index in [2.05, 4.69) is 0 Å². The van der Waals surface area contributed by atoms with E-state index in [0.717, 1.165) is 11.1 Å². The smallest absolute Gasteiger partial charge is 0.281 e. The summed E-state index contributed by atoms with van der Waals surface area (Å²) < 4.78 is 0. The summed E-state index contributed by atoms with van der Waals surface area (Å²) in [5.74, 6) is -0.486. The minimum atomic E-state index is -0.486. The third kappa shape index (κ3) is 4.35. The van der Waals surface area contributed by atoms with E-state index < -0.39 is 5.91 Å². The van der Waals surface area contributed by atoms with E-state index in [0.29, 0.717) is 16.3 Å². The van der Waals surface area contributed by atoms with Gasteiger partial charge in [0.15, 0.2) is 0 Å². The van der Waals surface area contributed by atoms with Gasteiger partial charge in [-0.3, -0.25) is 10.0 Å². The summed E-state index contributed by atoms with van der Waals surface area (Å²) in [7, 11) is 0. The molecule has 3 nitrogen and oxygen atoms in total. The summed E-state index contributed by atoms with van der Waals surface area (Å²) in [5, 5.41) is 11.0. The second-order valence-electron chi connectivity index (χ2n) is 5.67. The normalized spacial score (nSPS) is 11.5. The molecule has 0 bridgehead atoms. The van der Waals surface area contributed by atoms with Gasteiger partial charge in [-0.1, -0.05) is 91.0 Å². The van der Waals surface area contributed by atoms with Gasteiger partial charge in [-0.15, -0.1) is 0 Å². The molecular formula is C23H19NO2. The van der Waals surface area contributed by atoms with Crippen LogP contribution in [0.15, 0.2) is 103 Å². The van der Waals surface area contributed by atoms with Crippen LogP contribution in [0.2, 0.25) is 0 Å². The third-order valence-electron chi connectivity index (χ3n) is 3.86. The Morgan fingerprint density at radius 3 is 1.92 bits per heavy atom. The summed E-state index contributed by atoms with van der Waals surface area (Å²) in [4.78, 5) is 12.9. The molecule has 128 valence electrons. The van der Waals surface area contributed by atoms with Crippen molar-refractivity contribution in [3.63, 3.8) is 0 Å². The number of benzene rings is 3. The minimum Gasteiger partial charge on any atom is -0.281 e. The maximum absolute atomic E-state index is 12.9. The Bertz CT molecular complexity index is 901. The van der Waals surface area contributed by atoms with Gasteiger partial charge in [-0.25, -0.2) is 0 Å². The van der Waals surface area contributed by atoms with Crippen molar-refractivity contribution in [1.29, 1.82) is 0 Å². The Labute approximate surface area is 153 Å². The maximum Gasteiger partial charge on any atom is 0.282 e. The average molecular weight is 341 g/mol. The van der Waals surface area contributed by atoms with E-state index in [1.807, 2.05) is 78.9 Å². The van der Waals surface area contributed by atoms with E-state index >= 15 is 0 Å². The molecule has 0 heterocycles. The Balaban J connectivity index is 1.92. The van der Waals surface area contributed by atoms with Crippen molar-refractivity contribution in [2.45, 2.75) is 0 Å². The molecule has 0 aromatic heterocycles. The number of hydrogen-bond donors (Lipinski definition) is 1. The largest absolute Gasteiger partial charge is 0.282 e. The molecule has 0 radical (unpaired) electrons. The van der Waals surface area contributed by atoms with Crippen LogP contribution in [0.4, 0.5) is 5.69 Å². The van der Waals surface area contributed by atoms with Crippen molar-refractivity contribution < 1.29 is 10.0 Å². The van der Waals surface area contributed by atoms with Crippen LogP contribution in [0.1, 0.15) is 11.1 Å². The zero-order valence-electron chi connectivity index (χ0n) is 14.2. The summed E-state index contributed by atoms with van der Waals surface area (Å²) in [5.41, 5.74) is 2.60. The van der Waals surface area contributed by atoms with Crippen molar-refractivity contribution in [1.82, 2.24) is 0 Å². The number of hydroxylamine groups is 1. The zero-order chi connectivity index (χ0) is 18.2. The predicted molar refractivity (Wildman–Crippen MR) is 106 cm³/mol. The summed E-state index contributed by atoms with van der Waals surface area (Å²) in [6.07, 6.45) is 5.45. The number of hydrogen-bond acceptors (Lipinski definition) is 2. The van der Waals surface area contributed by atoms with Gasteiger partial charge in [0.25, 0.3) is 5.91 Å². The van der Waals surface area contributed by atoms with Gasteiger partial charge in [0, 0.05) is 5.57 Å². The van der Waals surface area contributed by atoms with Gasteiger partial charge in [0.2, 0.25) is 0 Å². The number of allylic oxidation sites excluding steroid dienone is 2. The Kier molecular flexibility index (Phi) is 5.76. The zero-order valence-corrected chi connectivity index (χ0v) is 14.2. The summed E-state index contributed by atoms with van der Waals surface area (Å²) >= 11 is 0. The molecule has 3 aromatic carbocycles. The topological polar surface area (TPSA) is 40.5 Å². The highest BCUT2D eigenvalue weighted by Gasteiger charge is 2.19. The van der Waals surface area contributed by atoms with Crippen LogP contribution in [0.3, 0.4) is 0 Å². The molecule has 0 atom stereocenters. The van der Waals surface area contributed by atoms with Crippen LogP contribution in [-0.2, 0) is 4.79 Å². The first kappa shape index (κ1) is 17.4. The van der Waals surface area contributed by atoms with E-state index in [1.165, 1.54) is 0 Å². The van der Waals surface area contributed by atoms with Crippen LogP contribution < -0.4 is 5.06 Å². The second kappa shape index (κ2) is 8.60.